The molecule has 0 saturated carbocycles. The van der Waals surface area contributed by atoms with Crippen LogP contribution in [-0.4, -0.2) is 14.6 Å². The summed E-state index contributed by atoms with van der Waals surface area (Å²) in [6.45, 7) is 4.38. The van der Waals surface area contributed by atoms with Crippen molar-refractivity contribution in [1.82, 2.24) is 14.6 Å². The molecule has 0 aliphatic carbocycles. The number of imidazole rings is 1. The molecule has 6 heteroatoms. The molecule has 3 aromatic rings. The maximum absolute atomic E-state index is 6.23. The van der Waals surface area contributed by atoms with E-state index in [0.717, 1.165) is 34.1 Å². The summed E-state index contributed by atoms with van der Waals surface area (Å²) in [6.07, 6.45) is 4.12. The van der Waals surface area contributed by atoms with Crippen molar-refractivity contribution >= 4 is 39.5 Å². The summed E-state index contributed by atoms with van der Waals surface area (Å²) in [4.78, 5) is 5.54. The summed E-state index contributed by atoms with van der Waals surface area (Å²) in [5.74, 6) is 0.513. The number of nitrogens with zero attached hydrogens (tertiary/aromatic N) is 3. The first-order valence-corrected chi connectivity index (χ1v) is 8.51. The number of halogens is 2. The van der Waals surface area contributed by atoms with Crippen LogP contribution in [0.25, 0.3) is 16.2 Å². The fourth-order valence-corrected chi connectivity index (χ4v) is 4.00. The van der Waals surface area contributed by atoms with E-state index in [2.05, 4.69) is 23.9 Å². The lowest BCUT2D eigenvalue weighted by molar-refractivity contribution is 0.626. The molecule has 0 saturated heterocycles. The zero-order valence-corrected chi connectivity index (χ0v) is 14.1. The zero-order valence-electron chi connectivity index (χ0n) is 11.8. The molecule has 110 valence electrons. The minimum Gasteiger partial charge on any atom is -0.217 e. The SMILES string of the molecule is CCC(CC)c1nn2cc(-c3ccc(Cl)cc3Cl)nc2s1. The lowest BCUT2D eigenvalue weighted by Gasteiger charge is -2.06. The summed E-state index contributed by atoms with van der Waals surface area (Å²) in [5, 5.41) is 7.03. The Kier molecular flexibility index (Phi) is 4.20. The molecular formula is C15H15Cl2N3S. The molecule has 0 unspecified atom stereocenters. The van der Waals surface area contributed by atoms with E-state index >= 15 is 0 Å². The standard InChI is InChI=1S/C15H15Cl2N3S/c1-3-9(4-2)14-19-20-8-13(18-15(20)21-14)11-6-5-10(16)7-12(11)17/h5-9H,3-4H2,1-2H3. The summed E-state index contributed by atoms with van der Waals surface area (Å²) >= 11 is 13.8. The molecular weight excluding hydrogens is 325 g/mol. The van der Waals surface area contributed by atoms with Gasteiger partial charge in [-0.1, -0.05) is 48.4 Å². The second-order valence-electron chi connectivity index (χ2n) is 4.93. The molecule has 2 aromatic heterocycles. The highest BCUT2D eigenvalue weighted by Gasteiger charge is 2.16. The summed E-state index contributed by atoms with van der Waals surface area (Å²) in [6, 6.07) is 5.44. The van der Waals surface area contributed by atoms with E-state index in [1.165, 1.54) is 0 Å². The van der Waals surface area contributed by atoms with E-state index in [1.54, 1.807) is 17.4 Å². The van der Waals surface area contributed by atoms with Crippen molar-refractivity contribution < 1.29 is 0 Å². The van der Waals surface area contributed by atoms with Gasteiger partial charge >= 0.3 is 0 Å². The maximum Gasteiger partial charge on any atom is 0.212 e. The Hall–Kier alpha value is -1.10. The molecule has 0 atom stereocenters. The molecule has 21 heavy (non-hydrogen) atoms. The molecule has 0 aliphatic rings. The molecule has 0 bridgehead atoms. The Bertz CT molecular complexity index is 743. The van der Waals surface area contributed by atoms with E-state index in [9.17, 15) is 0 Å². The predicted molar refractivity (Wildman–Crippen MR) is 89.6 cm³/mol. The van der Waals surface area contributed by atoms with Crippen LogP contribution >= 0.6 is 34.5 Å². The van der Waals surface area contributed by atoms with Crippen LogP contribution in [-0.2, 0) is 0 Å². The van der Waals surface area contributed by atoms with Gasteiger partial charge in [-0.05, 0) is 31.0 Å². The average Bonchev–Trinajstić information content (AvgIpc) is 2.98. The molecule has 0 spiro atoms. The van der Waals surface area contributed by atoms with Gasteiger partial charge in [0, 0.05) is 16.5 Å². The second-order valence-corrected chi connectivity index (χ2v) is 6.76. The first kappa shape index (κ1) is 14.8. The van der Waals surface area contributed by atoms with Gasteiger partial charge in [-0.15, -0.1) is 0 Å². The van der Waals surface area contributed by atoms with Gasteiger partial charge in [0.05, 0.1) is 16.9 Å². The van der Waals surface area contributed by atoms with E-state index in [1.807, 2.05) is 22.8 Å². The van der Waals surface area contributed by atoms with Crippen LogP contribution in [0.4, 0.5) is 0 Å². The zero-order chi connectivity index (χ0) is 15.0. The Morgan fingerprint density at radius 1 is 1.24 bits per heavy atom. The number of hydrogen-bond donors (Lipinski definition) is 0. The van der Waals surface area contributed by atoms with Crippen molar-refractivity contribution in [2.75, 3.05) is 0 Å². The number of hydrogen-bond acceptors (Lipinski definition) is 3. The predicted octanol–water partition coefficient (Wildman–Crippen LogP) is 5.67. The van der Waals surface area contributed by atoms with Crippen LogP contribution in [0.3, 0.4) is 0 Å². The first-order valence-electron chi connectivity index (χ1n) is 6.93. The van der Waals surface area contributed by atoms with E-state index < -0.39 is 0 Å². The van der Waals surface area contributed by atoms with Crippen LogP contribution in [0, 0.1) is 0 Å². The van der Waals surface area contributed by atoms with Gasteiger partial charge in [0.15, 0.2) is 0 Å². The van der Waals surface area contributed by atoms with Gasteiger partial charge in [-0.3, -0.25) is 0 Å². The quantitative estimate of drug-likeness (QED) is 0.613. The summed E-state index contributed by atoms with van der Waals surface area (Å²) in [5.41, 5.74) is 1.70. The van der Waals surface area contributed by atoms with Crippen LogP contribution in [0.1, 0.15) is 37.6 Å². The van der Waals surface area contributed by atoms with Crippen molar-refractivity contribution in [1.29, 1.82) is 0 Å². The van der Waals surface area contributed by atoms with E-state index in [0.29, 0.717) is 16.0 Å². The van der Waals surface area contributed by atoms with Gasteiger partial charge < -0.3 is 0 Å². The van der Waals surface area contributed by atoms with Crippen LogP contribution in [0.2, 0.25) is 10.0 Å². The molecule has 0 N–H and O–H groups in total. The Labute approximate surface area is 137 Å². The van der Waals surface area contributed by atoms with E-state index in [-0.39, 0.29) is 0 Å². The molecule has 1 aromatic carbocycles. The highest BCUT2D eigenvalue weighted by Crippen LogP contribution is 2.32. The van der Waals surface area contributed by atoms with E-state index in [4.69, 9.17) is 23.2 Å². The largest absolute Gasteiger partial charge is 0.217 e. The molecule has 3 rings (SSSR count). The van der Waals surface area contributed by atoms with Crippen LogP contribution < -0.4 is 0 Å². The van der Waals surface area contributed by atoms with Gasteiger partial charge in [-0.25, -0.2) is 9.50 Å². The second kappa shape index (κ2) is 5.95. The Balaban J connectivity index is 2.00. The number of rotatable bonds is 4. The van der Waals surface area contributed by atoms with Crippen LogP contribution in [0.15, 0.2) is 24.4 Å². The average molecular weight is 340 g/mol. The number of fused-ring (bicyclic) bond motifs is 1. The molecule has 0 aliphatic heterocycles. The lowest BCUT2D eigenvalue weighted by Crippen LogP contribution is -1.95. The highest BCUT2D eigenvalue weighted by molar-refractivity contribution is 7.16. The molecule has 2 heterocycles. The molecule has 0 fully saturated rings. The topological polar surface area (TPSA) is 30.2 Å². The fraction of sp³-hybridized carbons (Fsp3) is 0.333. The smallest absolute Gasteiger partial charge is 0.212 e. The third kappa shape index (κ3) is 2.80. The van der Waals surface area contributed by atoms with Crippen molar-refractivity contribution in [2.24, 2.45) is 0 Å². The Morgan fingerprint density at radius 2 is 2.00 bits per heavy atom. The monoisotopic (exact) mass is 339 g/mol. The fourth-order valence-electron chi connectivity index (χ4n) is 2.35. The summed E-state index contributed by atoms with van der Waals surface area (Å²) < 4.78 is 1.85. The maximum atomic E-state index is 6.23. The van der Waals surface area contributed by atoms with Crippen molar-refractivity contribution in [3.8, 4) is 11.3 Å². The third-order valence-corrected chi connectivity index (χ3v) is 5.23. The van der Waals surface area contributed by atoms with Gasteiger partial charge in [0.2, 0.25) is 4.96 Å². The highest BCUT2D eigenvalue weighted by atomic mass is 35.5. The molecule has 0 radical (unpaired) electrons. The van der Waals surface area contributed by atoms with Crippen molar-refractivity contribution in [3.05, 3.63) is 39.4 Å². The molecule has 3 nitrogen and oxygen atoms in total. The summed E-state index contributed by atoms with van der Waals surface area (Å²) in [7, 11) is 0. The third-order valence-electron chi connectivity index (χ3n) is 3.60. The minimum absolute atomic E-state index is 0.513. The lowest BCUT2D eigenvalue weighted by atomic mass is 10.1. The van der Waals surface area contributed by atoms with Gasteiger partial charge in [0.25, 0.3) is 0 Å². The van der Waals surface area contributed by atoms with Crippen molar-refractivity contribution in [3.63, 3.8) is 0 Å². The number of aromatic nitrogens is 3. The van der Waals surface area contributed by atoms with Gasteiger partial charge in [-0.2, -0.15) is 5.10 Å². The van der Waals surface area contributed by atoms with Crippen molar-refractivity contribution in [2.45, 2.75) is 32.6 Å². The van der Waals surface area contributed by atoms with Crippen LogP contribution in [0.5, 0.6) is 0 Å². The van der Waals surface area contributed by atoms with Gasteiger partial charge in [0.1, 0.15) is 5.01 Å². The molecule has 0 amide bonds. The number of benzene rings is 1. The Morgan fingerprint density at radius 3 is 2.62 bits per heavy atom. The normalized spacial score (nSPS) is 11.7. The minimum atomic E-state index is 0.513. The first-order chi connectivity index (χ1) is 10.1.